The van der Waals surface area contributed by atoms with Crippen LogP contribution in [0, 0.1) is 0 Å². The van der Waals surface area contributed by atoms with E-state index in [2.05, 4.69) is 0 Å². The number of hydrogen-bond acceptors (Lipinski definition) is 3. The SMILES string of the molecule is CCc1c(O)c(=O)ccn1CC(C)O. The molecule has 0 spiro atoms. The van der Waals surface area contributed by atoms with Crippen LogP contribution in [0.4, 0.5) is 0 Å². The second-order valence-electron chi connectivity index (χ2n) is 3.33. The molecule has 0 aliphatic rings. The van der Waals surface area contributed by atoms with E-state index in [1.807, 2.05) is 6.92 Å². The highest BCUT2D eigenvalue weighted by atomic mass is 16.3. The van der Waals surface area contributed by atoms with Gasteiger partial charge in [-0.05, 0) is 13.3 Å². The lowest BCUT2D eigenvalue weighted by Gasteiger charge is -2.14. The van der Waals surface area contributed by atoms with Crippen LogP contribution in [0.1, 0.15) is 19.5 Å². The number of aliphatic hydroxyl groups is 1. The third-order valence-electron chi connectivity index (χ3n) is 2.06. The predicted octanol–water partition coefficient (Wildman–Crippen LogP) is 0.497. The Morgan fingerprint density at radius 1 is 1.57 bits per heavy atom. The van der Waals surface area contributed by atoms with Crippen LogP contribution in [0.25, 0.3) is 0 Å². The van der Waals surface area contributed by atoms with Crippen LogP contribution in [-0.4, -0.2) is 20.9 Å². The highest BCUT2D eigenvalue weighted by Gasteiger charge is 2.08. The summed E-state index contributed by atoms with van der Waals surface area (Å²) in [5.74, 6) is -0.212. The van der Waals surface area contributed by atoms with Gasteiger partial charge in [-0.2, -0.15) is 0 Å². The van der Waals surface area contributed by atoms with Gasteiger partial charge in [-0.25, -0.2) is 0 Å². The van der Waals surface area contributed by atoms with Crippen LogP contribution in [0.3, 0.4) is 0 Å². The third kappa shape index (κ3) is 2.14. The molecule has 1 heterocycles. The zero-order valence-electron chi connectivity index (χ0n) is 8.40. The maximum Gasteiger partial charge on any atom is 0.223 e. The largest absolute Gasteiger partial charge is 0.503 e. The molecule has 14 heavy (non-hydrogen) atoms. The minimum Gasteiger partial charge on any atom is -0.503 e. The van der Waals surface area contributed by atoms with Gasteiger partial charge in [0, 0.05) is 18.8 Å². The van der Waals surface area contributed by atoms with Gasteiger partial charge in [0.05, 0.1) is 11.8 Å². The first-order chi connectivity index (χ1) is 6.56. The fourth-order valence-electron chi connectivity index (χ4n) is 1.43. The first-order valence-corrected chi connectivity index (χ1v) is 4.65. The van der Waals surface area contributed by atoms with Crippen LogP contribution >= 0.6 is 0 Å². The Morgan fingerprint density at radius 2 is 2.21 bits per heavy atom. The molecule has 0 saturated heterocycles. The third-order valence-corrected chi connectivity index (χ3v) is 2.06. The Morgan fingerprint density at radius 3 is 2.71 bits per heavy atom. The van der Waals surface area contributed by atoms with Crippen molar-refractivity contribution in [2.75, 3.05) is 0 Å². The normalized spacial score (nSPS) is 12.8. The average Bonchev–Trinajstić information content (AvgIpc) is 2.11. The van der Waals surface area contributed by atoms with Crippen molar-refractivity contribution in [3.8, 4) is 5.75 Å². The summed E-state index contributed by atoms with van der Waals surface area (Å²) in [5.41, 5.74) is 0.196. The molecule has 4 heteroatoms. The molecule has 0 aromatic carbocycles. The van der Waals surface area contributed by atoms with E-state index in [-0.39, 0.29) is 11.2 Å². The molecule has 0 fully saturated rings. The van der Waals surface area contributed by atoms with Crippen molar-refractivity contribution >= 4 is 0 Å². The number of pyridine rings is 1. The summed E-state index contributed by atoms with van der Waals surface area (Å²) < 4.78 is 1.70. The van der Waals surface area contributed by atoms with Gasteiger partial charge < -0.3 is 14.8 Å². The van der Waals surface area contributed by atoms with E-state index in [4.69, 9.17) is 0 Å². The van der Waals surface area contributed by atoms with Crippen molar-refractivity contribution in [3.63, 3.8) is 0 Å². The topological polar surface area (TPSA) is 62.5 Å². The van der Waals surface area contributed by atoms with Gasteiger partial charge in [-0.15, -0.1) is 0 Å². The second kappa shape index (κ2) is 4.28. The van der Waals surface area contributed by atoms with Crippen LogP contribution < -0.4 is 5.43 Å². The molecule has 4 nitrogen and oxygen atoms in total. The minimum atomic E-state index is -0.498. The van der Waals surface area contributed by atoms with Crippen LogP contribution in [0.15, 0.2) is 17.1 Å². The standard InChI is InChI=1S/C10H15NO3/c1-3-8-10(14)9(13)4-5-11(8)6-7(2)12/h4-5,7,12,14H,3,6H2,1-2H3. The average molecular weight is 197 g/mol. The van der Waals surface area contributed by atoms with E-state index in [0.29, 0.717) is 18.7 Å². The maximum atomic E-state index is 11.1. The molecule has 1 rings (SSSR count). The maximum absolute atomic E-state index is 11.1. The molecule has 0 amide bonds. The summed E-state index contributed by atoms with van der Waals surface area (Å²) >= 11 is 0. The molecule has 0 radical (unpaired) electrons. The van der Waals surface area contributed by atoms with E-state index < -0.39 is 6.10 Å². The molecular formula is C10H15NO3. The molecule has 1 aromatic rings. The van der Waals surface area contributed by atoms with Crippen molar-refractivity contribution in [1.29, 1.82) is 0 Å². The van der Waals surface area contributed by atoms with Crippen LogP contribution in [0.2, 0.25) is 0 Å². The number of aliphatic hydroxyl groups excluding tert-OH is 1. The molecule has 78 valence electrons. The summed E-state index contributed by atoms with van der Waals surface area (Å²) in [7, 11) is 0. The number of aromatic nitrogens is 1. The van der Waals surface area contributed by atoms with E-state index in [0.717, 1.165) is 0 Å². The van der Waals surface area contributed by atoms with Gasteiger partial charge in [-0.1, -0.05) is 6.92 Å². The quantitative estimate of drug-likeness (QED) is 0.741. The van der Waals surface area contributed by atoms with Gasteiger partial charge in [0.25, 0.3) is 0 Å². The Hall–Kier alpha value is -1.29. The van der Waals surface area contributed by atoms with Gasteiger partial charge >= 0.3 is 0 Å². The first-order valence-electron chi connectivity index (χ1n) is 4.65. The zero-order chi connectivity index (χ0) is 10.7. The molecule has 1 unspecified atom stereocenters. The summed E-state index contributed by atoms with van der Waals surface area (Å²) in [6.45, 7) is 3.90. The monoisotopic (exact) mass is 197 g/mol. The predicted molar refractivity (Wildman–Crippen MR) is 53.4 cm³/mol. The summed E-state index contributed by atoms with van der Waals surface area (Å²) in [4.78, 5) is 11.1. The highest BCUT2D eigenvalue weighted by Crippen LogP contribution is 2.12. The fourth-order valence-corrected chi connectivity index (χ4v) is 1.43. The van der Waals surface area contributed by atoms with E-state index >= 15 is 0 Å². The molecular weight excluding hydrogens is 182 g/mol. The highest BCUT2D eigenvalue weighted by molar-refractivity contribution is 5.26. The number of nitrogens with zero attached hydrogens (tertiary/aromatic N) is 1. The Bertz CT molecular complexity index is 368. The molecule has 0 aliphatic heterocycles. The molecule has 0 aliphatic carbocycles. The lowest BCUT2D eigenvalue weighted by molar-refractivity contribution is 0.171. The summed E-state index contributed by atoms with van der Waals surface area (Å²) in [6.07, 6.45) is 1.66. The first kappa shape index (κ1) is 10.8. The number of hydrogen-bond donors (Lipinski definition) is 2. The Kier molecular flexibility index (Phi) is 3.30. The van der Waals surface area contributed by atoms with Crippen LogP contribution in [-0.2, 0) is 13.0 Å². The van der Waals surface area contributed by atoms with Crippen molar-refractivity contribution in [1.82, 2.24) is 4.57 Å². The van der Waals surface area contributed by atoms with Crippen molar-refractivity contribution in [3.05, 3.63) is 28.2 Å². The Balaban J connectivity index is 3.17. The van der Waals surface area contributed by atoms with Crippen molar-refractivity contribution < 1.29 is 10.2 Å². The van der Waals surface area contributed by atoms with E-state index in [1.165, 1.54) is 6.07 Å². The summed E-state index contributed by atoms with van der Waals surface area (Å²) in [5, 5.41) is 18.7. The summed E-state index contributed by atoms with van der Waals surface area (Å²) in [6, 6.07) is 1.30. The molecule has 1 atom stereocenters. The molecule has 0 saturated carbocycles. The van der Waals surface area contributed by atoms with E-state index in [1.54, 1.807) is 17.7 Å². The lowest BCUT2D eigenvalue weighted by atomic mass is 10.2. The second-order valence-corrected chi connectivity index (χ2v) is 3.33. The van der Waals surface area contributed by atoms with Crippen LogP contribution in [0.5, 0.6) is 5.75 Å². The van der Waals surface area contributed by atoms with E-state index in [9.17, 15) is 15.0 Å². The van der Waals surface area contributed by atoms with Crippen molar-refractivity contribution in [2.45, 2.75) is 32.9 Å². The van der Waals surface area contributed by atoms with Gasteiger partial charge in [0.15, 0.2) is 5.75 Å². The van der Waals surface area contributed by atoms with Gasteiger partial charge in [0.2, 0.25) is 5.43 Å². The molecule has 1 aromatic heterocycles. The van der Waals surface area contributed by atoms with Crippen molar-refractivity contribution in [2.24, 2.45) is 0 Å². The molecule has 0 bridgehead atoms. The van der Waals surface area contributed by atoms with Gasteiger partial charge in [-0.3, -0.25) is 4.79 Å². The number of rotatable bonds is 3. The molecule has 2 N–H and O–H groups in total. The lowest BCUT2D eigenvalue weighted by Crippen LogP contribution is -2.18. The smallest absolute Gasteiger partial charge is 0.223 e. The van der Waals surface area contributed by atoms with Gasteiger partial charge in [0.1, 0.15) is 0 Å². The Labute approximate surface area is 82.4 Å². The zero-order valence-corrected chi connectivity index (χ0v) is 8.40. The fraction of sp³-hybridized carbons (Fsp3) is 0.500. The number of aromatic hydroxyl groups is 1. The minimum absolute atomic E-state index is 0.212.